The molecule has 0 radical (unpaired) electrons. The molecule has 13 nitrogen and oxygen atoms in total. The van der Waals surface area contributed by atoms with Crippen molar-refractivity contribution in [3.63, 3.8) is 0 Å². The predicted octanol–water partition coefficient (Wildman–Crippen LogP) is 3.78. The number of esters is 4. The summed E-state index contributed by atoms with van der Waals surface area (Å²) in [6.07, 6.45) is -6.80. The molecule has 0 spiro atoms. The molecule has 0 aliphatic carbocycles. The lowest BCUT2D eigenvalue weighted by Crippen LogP contribution is -2.63. The van der Waals surface area contributed by atoms with Crippen molar-refractivity contribution in [2.75, 3.05) is 6.61 Å². The lowest BCUT2D eigenvalue weighted by atomic mass is 9.98. The van der Waals surface area contributed by atoms with Gasteiger partial charge in [0.25, 0.3) is 0 Å². The van der Waals surface area contributed by atoms with Crippen LogP contribution in [-0.4, -0.2) is 66.2 Å². The Balaban J connectivity index is 1.51. The maximum atomic E-state index is 13.6. The summed E-state index contributed by atoms with van der Waals surface area (Å²) in [5, 5.41) is 1.18. The minimum Gasteiger partial charge on any atom is -0.463 e. The molecule has 1 aliphatic rings. The third-order valence-corrected chi connectivity index (χ3v) is 7.09. The Morgan fingerprint density at radius 1 is 0.804 bits per heavy atom. The molecule has 0 bridgehead atoms. The van der Waals surface area contributed by atoms with Gasteiger partial charge in [0, 0.05) is 39.1 Å². The lowest BCUT2D eigenvalue weighted by molar-refractivity contribution is -0.288. The molecule has 0 unspecified atom stereocenters. The van der Waals surface area contributed by atoms with Crippen molar-refractivity contribution in [2.45, 2.75) is 65.3 Å². The average molecular weight is 634 g/mol. The highest BCUT2D eigenvalue weighted by molar-refractivity contribution is 5.86. The minimum atomic E-state index is -1.45. The fourth-order valence-electron chi connectivity index (χ4n) is 5.28. The van der Waals surface area contributed by atoms with Crippen LogP contribution >= 0.6 is 0 Å². The van der Waals surface area contributed by atoms with Crippen molar-refractivity contribution in [1.82, 2.24) is 4.98 Å². The van der Waals surface area contributed by atoms with Gasteiger partial charge in [-0.15, -0.1) is 0 Å². The number of hydrogen-bond acceptors (Lipinski definition) is 13. The SMILES string of the molecule is CC(=O)OC[C@H]1O[C@@H](Oc2ccc3c(=O)c(-c4ccc5ccccc5n4)c(C)oc3c2)[C@@H](OC(C)=O)[C@@H](OC(C)=O)[C@@H]1OC(C)=O. The van der Waals surface area contributed by atoms with E-state index in [1.807, 2.05) is 30.3 Å². The second-order valence-electron chi connectivity index (χ2n) is 10.6. The van der Waals surface area contributed by atoms with E-state index in [4.69, 9.17) is 32.8 Å². The summed E-state index contributed by atoms with van der Waals surface area (Å²) in [5.41, 5.74) is 1.39. The Bertz CT molecular complexity index is 1880. The van der Waals surface area contributed by atoms with E-state index in [0.717, 1.165) is 31.7 Å². The molecule has 2 aromatic carbocycles. The van der Waals surface area contributed by atoms with Gasteiger partial charge in [-0.25, -0.2) is 4.98 Å². The van der Waals surface area contributed by atoms with Crippen LogP contribution in [-0.2, 0) is 42.9 Å². The normalized spacial score (nSPS) is 20.9. The first-order valence-electron chi connectivity index (χ1n) is 14.3. The van der Waals surface area contributed by atoms with E-state index < -0.39 is 61.2 Å². The summed E-state index contributed by atoms with van der Waals surface area (Å²) in [7, 11) is 0. The molecule has 0 amide bonds. The minimum absolute atomic E-state index is 0.132. The van der Waals surface area contributed by atoms with Crippen molar-refractivity contribution < 1.29 is 52.0 Å². The Labute approximate surface area is 262 Å². The lowest BCUT2D eigenvalue weighted by Gasteiger charge is -2.43. The van der Waals surface area contributed by atoms with Crippen LogP contribution in [0.15, 0.2) is 63.8 Å². The van der Waals surface area contributed by atoms with Gasteiger partial charge in [0.15, 0.2) is 12.2 Å². The van der Waals surface area contributed by atoms with E-state index in [2.05, 4.69) is 4.98 Å². The van der Waals surface area contributed by atoms with Gasteiger partial charge in [0.1, 0.15) is 29.8 Å². The summed E-state index contributed by atoms with van der Waals surface area (Å²) in [5.74, 6) is -2.48. The van der Waals surface area contributed by atoms with Crippen molar-refractivity contribution in [1.29, 1.82) is 0 Å². The van der Waals surface area contributed by atoms with E-state index in [9.17, 15) is 24.0 Å². The fraction of sp³-hybridized carbons (Fsp3) is 0.333. The van der Waals surface area contributed by atoms with Gasteiger partial charge < -0.3 is 32.8 Å². The number of fused-ring (bicyclic) bond motifs is 2. The first-order chi connectivity index (χ1) is 21.9. The maximum absolute atomic E-state index is 13.6. The molecule has 0 N–H and O–H groups in total. The van der Waals surface area contributed by atoms with Crippen LogP contribution in [0.2, 0.25) is 0 Å². The molecule has 46 heavy (non-hydrogen) atoms. The van der Waals surface area contributed by atoms with E-state index in [1.165, 1.54) is 25.1 Å². The zero-order chi connectivity index (χ0) is 33.1. The van der Waals surface area contributed by atoms with Crippen molar-refractivity contribution in [3.8, 4) is 17.0 Å². The summed E-state index contributed by atoms with van der Waals surface area (Å²) in [6.45, 7) is 5.80. The Kier molecular flexibility index (Phi) is 9.33. The number of para-hydroxylation sites is 1. The van der Waals surface area contributed by atoms with Crippen LogP contribution in [0, 0.1) is 6.92 Å². The summed E-state index contributed by atoms with van der Waals surface area (Å²) >= 11 is 0. The van der Waals surface area contributed by atoms with E-state index in [1.54, 1.807) is 13.0 Å². The highest BCUT2D eigenvalue weighted by Gasteiger charge is 2.53. The molecular formula is C33H31NO12. The summed E-state index contributed by atoms with van der Waals surface area (Å²) in [6, 6.07) is 15.6. The molecule has 0 saturated carbocycles. The molecule has 2 aromatic heterocycles. The monoisotopic (exact) mass is 633 g/mol. The number of benzene rings is 2. The number of rotatable bonds is 8. The van der Waals surface area contributed by atoms with Crippen molar-refractivity contribution in [3.05, 3.63) is 70.6 Å². The van der Waals surface area contributed by atoms with Gasteiger partial charge in [-0.05, 0) is 31.2 Å². The molecular weight excluding hydrogens is 602 g/mol. The third-order valence-electron chi connectivity index (χ3n) is 7.09. The van der Waals surface area contributed by atoms with Crippen LogP contribution in [0.4, 0.5) is 0 Å². The zero-order valence-electron chi connectivity index (χ0n) is 25.6. The van der Waals surface area contributed by atoms with E-state index in [0.29, 0.717) is 17.0 Å². The number of nitrogens with zero attached hydrogens (tertiary/aromatic N) is 1. The Hall–Kier alpha value is -5.30. The van der Waals surface area contributed by atoms with Gasteiger partial charge in [0.05, 0.1) is 22.2 Å². The predicted molar refractivity (Wildman–Crippen MR) is 161 cm³/mol. The quantitative estimate of drug-likeness (QED) is 0.203. The van der Waals surface area contributed by atoms with Gasteiger partial charge in [-0.1, -0.05) is 24.3 Å². The van der Waals surface area contributed by atoms with Crippen molar-refractivity contribution in [2.24, 2.45) is 0 Å². The standard InChI is InChI=1S/C33H31NO12/c1-16-28(25-13-10-21-8-6-7-9-24(21)34-25)29(39)23-12-11-22(14-26(23)41-16)45-33-32(44-20(5)38)31(43-19(4)37)30(42-18(3)36)27(46-33)15-40-17(2)35/h6-14,27,30-33H,15H2,1-5H3/t27-,30-,31+,32+,33-/m1/s1. The Morgan fingerprint density at radius 3 is 2.17 bits per heavy atom. The number of aromatic nitrogens is 1. The molecule has 1 fully saturated rings. The van der Waals surface area contributed by atoms with Gasteiger partial charge in [-0.2, -0.15) is 0 Å². The average Bonchev–Trinajstić information content (AvgIpc) is 2.98. The number of hydrogen-bond donors (Lipinski definition) is 0. The number of carbonyl (C=O) groups is 4. The first-order valence-corrected chi connectivity index (χ1v) is 14.3. The van der Waals surface area contributed by atoms with Crippen LogP contribution in [0.25, 0.3) is 33.1 Å². The first kappa shape index (κ1) is 32.1. The molecule has 1 aliphatic heterocycles. The van der Waals surface area contributed by atoms with Crippen LogP contribution in [0.3, 0.4) is 0 Å². The highest BCUT2D eigenvalue weighted by atomic mass is 16.7. The molecule has 3 heterocycles. The topological polar surface area (TPSA) is 167 Å². The molecule has 240 valence electrons. The van der Waals surface area contributed by atoms with Gasteiger partial charge in [0.2, 0.25) is 17.8 Å². The largest absolute Gasteiger partial charge is 0.463 e. The second kappa shape index (κ2) is 13.4. The molecule has 4 aromatic rings. The molecule has 5 atom stereocenters. The number of ether oxygens (including phenoxy) is 6. The smallest absolute Gasteiger partial charge is 0.303 e. The van der Waals surface area contributed by atoms with Gasteiger partial charge in [-0.3, -0.25) is 24.0 Å². The molecule has 1 saturated heterocycles. The highest BCUT2D eigenvalue weighted by Crippen LogP contribution is 2.32. The Morgan fingerprint density at radius 2 is 1.48 bits per heavy atom. The summed E-state index contributed by atoms with van der Waals surface area (Å²) in [4.78, 5) is 66.1. The molecule has 13 heteroatoms. The fourth-order valence-corrected chi connectivity index (χ4v) is 5.28. The number of aryl methyl sites for hydroxylation is 1. The van der Waals surface area contributed by atoms with Crippen LogP contribution < -0.4 is 10.2 Å². The summed E-state index contributed by atoms with van der Waals surface area (Å²) < 4.78 is 39.5. The van der Waals surface area contributed by atoms with E-state index in [-0.39, 0.29) is 22.1 Å². The zero-order valence-corrected chi connectivity index (χ0v) is 25.6. The van der Waals surface area contributed by atoms with Crippen LogP contribution in [0.1, 0.15) is 33.5 Å². The number of carbonyl (C=O) groups excluding carboxylic acids is 4. The van der Waals surface area contributed by atoms with Crippen molar-refractivity contribution >= 4 is 45.7 Å². The second-order valence-corrected chi connectivity index (χ2v) is 10.6. The molecule has 5 rings (SSSR count). The number of pyridine rings is 1. The van der Waals surface area contributed by atoms with Crippen LogP contribution in [0.5, 0.6) is 5.75 Å². The van der Waals surface area contributed by atoms with Gasteiger partial charge >= 0.3 is 23.9 Å². The third kappa shape index (κ3) is 6.99. The maximum Gasteiger partial charge on any atom is 0.303 e. The van der Waals surface area contributed by atoms with E-state index >= 15 is 0 Å².